The number of hydrogen-bond acceptors (Lipinski definition) is 3. The number of nitrogens with zero attached hydrogens (tertiary/aromatic N) is 1. The number of carbonyl (C=O) groups excluding carboxylic acids is 2. The van der Waals surface area contributed by atoms with Gasteiger partial charge < -0.3 is 4.74 Å². The molecule has 142 valence electrons. The number of carbonyl (C=O) groups is 2. The van der Waals surface area contributed by atoms with E-state index >= 15 is 0 Å². The van der Waals surface area contributed by atoms with Gasteiger partial charge in [-0.2, -0.15) is 0 Å². The summed E-state index contributed by atoms with van der Waals surface area (Å²) in [6.07, 6.45) is 2.93. The van der Waals surface area contributed by atoms with E-state index in [4.69, 9.17) is 16.3 Å². The molecule has 27 heavy (non-hydrogen) atoms. The Morgan fingerprint density at radius 2 is 1.85 bits per heavy atom. The molecule has 0 aromatic heterocycles. The molecule has 0 atom stereocenters. The lowest BCUT2D eigenvalue weighted by Gasteiger charge is -2.24. The van der Waals surface area contributed by atoms with Gasteiger partial charge in [0.2, 0.25) is 5.91 Å². The summed E-state index contributed by atoms with van der Waals surface area (Å²) in [7, 11) is 0. The minimum atomic E-state index is -0.493. The zero-order chi connectivity index (χ0) is 19.2. The molecule has 1 aliphatic rings. The Morgan fingerprint density at radius 3 is 2.59 bits per heavy atom. The van der Waals surface area contributed by atoms with E-state index in [2.05, 4.69) is 5.32 Å². The van der Waals surface area contributed by atoms with E-state index in [1.807, 2.05) is 49.4 Å². The molecule has 0 bridgehead atoms. The summed E-state index contributed by atoms with van der Waals surface area (Å²) in [5, 5.41) is 2.74. The number of benzene rings is 2. The SMILES string of the molecule is CCCCOC(=O)Nc1ccc2c(c1)N(C(=O)CCl)c1ccccc1CC2. The molecule has 0 saturated heterocycles. The zero-order valence-electron chi connectivity index (χ0n) is 15.3. The van der Waals surface area contributed by atoms with Crippen molar-refractivity contribution < 1.29 is 14.3 Å². The number of fused-ring (bicyclic) bond motifs is 2. The van der Waals surface area contributed by atoms with Crippen molar-refractivity contribution in [3.8, 4) is 0 Å². The van der Waals surface area contributed by atoms with E-state index in [9.17, 15) is 9.59 Å². The lowest BCUT2D eigenvalue weighted by molar-refractivity contribution is -0.115. The molecule has 3 rings (SSSR count). The molecule has 2 aromatic rings. The van der Waals surface area contributed by atoms with E-state index in [0.29, 0.717) is 12.3 Å². The first kappa shape index (κ1) is 19.2. The number of para-hydroxylation sites is 1. The molecule has 1 aliphatic heterocycles. The molecule has 2 aromatic carbocycles. The standard InChI is InChI=1S/C21H23ClN2O3/c1-2-3-12-27-21(26)23-17-11-10-16-9-8-15-6-4-5-7-18(15)24(19(16)13-17)20(25)14-22/h4-7,10-11,13H,2-3,8-9,12,14H2,1H3,(H,23,26). The highest BCUT2D eigenvalue weighted by Crippen LogP contribution is 2.37. The summed E-state index contributed by atoms with van der Waals surface area (Å²) in [5.74, 6) is -0.320. The first-order valence-electron chi connectivity index (χ1n) is 9.17. The lowest BCUT2D eigenvalue weighted by Crippen LogP contribution is -2.28. The fraction of sp³-hybridized carbons (Fsp3) is 0.333. The van der Waals surface area contributed by atoms with E-state index in [1.165, 1.54) is 0 Å². The molecule has 0 unspecified atom stereocenters. The number of rotatable bonds is 5. The summed E-state index contributed by atoms with van der Waals surface area (Å²) >= 11 is 5.89. The monoisotopic (exact) mass is 386 g/mol. The third-order valence-corrected chi connectivity index (χ3v) is 4.79. The molecular formula is C21H23ClN2O3. The number of anilines is 3. The van der Waals surface area contributed by atoms with Crippen LogP contribution in [0, 0.1) is 0 Å². The van der Waals surface area contributed by atoms with Crippen molar-refractivity contribution in [2.45, 2.75) is 32.6 Å². The molecule has 0 aliphatic carbocycles. The van der Waals surface area contributed by atoms with Crippen LogP contribution < -0.4 is 10.2 Å². The van der Waals surface area contributed by atoms with Crippen LogP contribution in [0.2, 0.25) is 0 Å². The number of halogens is 1. The predicted octanol–water partition coefficient (Wildman–Crippen LogP) is 5.04. The van der Waals surface area contributed by atoms with Crippen molar-refractivity contribution in [2.24, 2.45) is 0 Å². The van der Waals surface area contributed by atoms with Crippen molar-refractivity contribution in [1.29, 1.82) is 0 Å². The fourth-order valence-electron chi connectivity index (χ4n) is 3.19. The van der Waals surface area contributed by atoms with Crippen molar-refractivity contribution in [3.05, 3.63) is 53.6 Å². The summed E-state index contributed by atoms with van der Waals surface area (Å²) < 4.78 is 5.16. The van der Waals surface area contributed by atoms with Crippen LogP contribution in [-0.2, 0) is 22.4 Å². The van der Waals surface area contributed by atoms with Gasteiger partial charge in [0.1, 0.15) is 5.88 Å². The third kappa shape index (κ3) is 4.42. The Kier molecular flexibility index (Phi) is 6.35. The van der Waals surface area contributed by atoms with Gasteiger partial charge in [0.05, 0.1) is 18.0 Å². The Labute approximate surface area is 164 Å². The minimum absolute atomic E-state index is 0.121. The average Bonchev–Trinajstić information content (AvgIpc) is 2.84. The quantitative estimate of drug-likeness (QED) is 0.578. The van der Waals surface area contributed by atoms with Crippen molar-refractivity contribution in [1.82, 2.24) is 0 Å². The summed E-state index contributed by atoms with van der Waals surface area (Å²) in [6.45, 7) is 2.42. The van der Waals surface area contributed by atoms with Crippen LogP contribution >= 0.6 is 11.6 Å². The van der Waals surface area contributed by atoms with Crippen LogP contribution in [0.3, 0.4) is 0 Å². The zero-order valence-corrected chi connectivity index (χ0v) is 16.1. The molecule has 0 saturated carbocycles. The maximum Gasteiger partial charge on any atom is 0.411 e. The number of alkyl halides is 1. The summed E-state index contributed by atoms with van der Waals surface area (Å²) in [5.41, 5.74) is 4.30. The normalized spacial score (nSPS) is 12.6. The third-order valence-electron chi connectivity index (χ3n) is 4.56. The Morgan fingerprint density at radius 1 is 1.11 bits per heavy atom. The highest BCUT2D eigenvalue weighted by atomic mass is 35.5. The highest BCUT2D eigenvalue weighted by molar-refractivity contribution is 6.30. The molecule has 5 nitrogen and oxygen atoms in total. The highest BCUT2D eigenvalue weighted by Gasteiger charge is 2.25. The Balaban J connectivity index is 1.92. The maximum absolute atomic E-state index is 12.6. The first-order chi connectivity index (χ1) is 13.1. The average molecular weight is 387 g/mol. The van der Waals surface area contributed by atoms with Gasteiger partial charge in [-0.1, -0.05) is 37.6 Å². The number of unbranched alkanes of at least 4 members (excludes halogenated alkanes) is 1. The van der Waals surface area contributed by atoms with Crippen molar-refractivity contribution in [2.75, 3.05) is 22.7 Å². The Bertz CT molecular complexity index is 838. The van der Waals surface area contributed by atoms with E-state index < -0.39 is 6.09 Å². The van der Waals surface area contributed by atoms with Crippen LogP contribution in [0.25, 0.3) is 0 Å². The van der Waals surface area contributed by atoms with E-state index in [0.717, 1.165) is 48.2 Å². The molecule has 1 N–H and O–H groups in total. The predicted molar refractivity (Wildman–Crippen MR) is 108 cm³/mol. The maximum atomic E-state index is 12.6. The molecular weight excluding hydrogens is 364 g/mol. The second-order valence-corrected chi connectivity index (χ2v) is 6.72. The van der Waals surface area contributed by atoms with E-state index in [1.54, 1.807) is 4.90 Å². The van der Waals surface area contributed by atoms with Crippen LogP contribution in [0.4, 0.5) is 21.9 Å². The van der Waals surface area contributed by atoms with Gasteiger partial charge in [-0.25, -0.2) is 4.79 Å². The van der Waals surface area contributed by atoms with Crippen LogP contribution in [0.5, 0.6) is 0 Å². The molecule has 0 spiro atoms. The number of hydrogen-bond donors (Lipinski definition) is 1. The number of ether oxygens (including phenoxy) is 1. The van der Waals surface area contributed by atoms with Gasteiger partial charge in [-0.3, -0.25) is 15.0 Å². The largest absolute Gasteiger partial charge is 0.449 e. The van der Waals surface area contributed by atoms with Gasteiger partial charge in [0.25, 0.3) is 0 Å². The number of aryl methyl sites for hydroxylation is 2. The van der Waals surface area contributed by atoms with Gasteiger partial charge in [-0.15, -0.1) is 11.6 Å². The molecule has 0 fully saturated rings. The van der Waals surface area contributed by atoms with Gasteiger partial charge in [-0.05, 0) is 48.6 Å². The molecule has 6 heteroatoms. The van der Waals surface area contributed by atoms with Crippen LogP contribution in [0.15, 0.2) is 42.5 Å². The smallest absolute Gasteiger partial charge is 0.411 e. The molecule has 1 heterocycles. The summed E-state index contributed by atoms with van der Waals surface area (Å²) in [6, 6.07) is 13.4. The molecule has 2 amide bonds. The van der Waals surface area contributed by atoms with Gasteiger partial charge >= 0.3 is 6.09 Å². The summed E-state index contributed by atoms with van der Waals surface area (Å²) in [4.78, 5) is 26.2. The van der Waals surface area contributed by atoms with E-state index in [-0.39, 0.29) is 11.8 Å². The second-order valence-electron chi connectivity index (χ2n) is 6.45. The van der Waals surface area contributed by atoms with Gasteiger partial charge in [0, 0.05) is 5.69 Å². The van der Waals surface area contributed by atoms with Crippen LogP contribution in [-0.4, -0.2) is 24.5 Å². The van der Waals surface area contributed by atoms with Crippen molar-refractivity contribution in [3.63, 3.8) is 0 Å². The fourth-order valence-corrected chi connectivity index (χ4v) is 3.31. The van der Waals surface area contributed by atoms with Crippen LogP contribution in [0.1, 0.15) is 30.9 Å². The number of nitrogens with one attached hydrogen (secondary N) is 1. The molecule has 0 radical (unpaired) electrons. The van der Waals surface area contributed by atoms with Crippen molar-refractivity contribution >= 4 is 40.7 Å². The topological polar surface area (TPSA) is 58.6 Å². The first-order valence-corrected chi connectivity index (χ1v) is 9.71. The second kappa shape index (κ2) is 8.91. The minimum Gasteiger partial charge on any atom is -0.449 e. The van der Waals surface area contributed by atoms with Gasteiger partial charge in [0.15, 0.2) is 0 Å². The lowest BCUT2D eigenvalue weighted by atomic mass is 10.0. The number of amides is 2. The Hall–Kier alpha value is -2.53.